The van der Waals surface area contributed by atoms with Gasteiger partial charge in [0, 0.05) is 18.7 Å². The van der Waals surface area contributed by atoms with E-state index in [-0.39, 0.29) is 17.9 Å². The van der Waals surface area contributed by atoms with Crippen LogP contribution in [0.25, 0.3) is 0 Å². The van der Waals surface area contributed by atoms with Gasteiger partial charge in [-0.3, -0.25) is 14.4 Å². The Hall–Kier alpha value is -3.42. The van der Waals surface area contributed by atoms with Gasteiger partial charge in [0.05, 0.1) is 17.9 Å². The second-order valence-electron chi connectivity index (χ2n) is 8.33. The molecule has 8 heteroatoms. The van der Waals surface area contributed by atoms with Crippen LogP contribution in [0.15, 0.2) is 30.5 Å². The van der Waals surface area contributed by atoms with Gasteiger partial charge in [-0.1, -0.05) is 26.0 Å². The van der Waals surface area contributed by atoms with Crippen LogP contribution in [-0.2, 0) is 22.6 Å². The molecule has 2 aromatic rings. The number of pyridine rings is 1. The normalized spacial score (nSPS) is 20.2. The highest BCUT2D eigenvalue weighted by atomic mass is 16.2. The number of benzene rings is 1. The maximum atomic E-state index is 13.1. The van der Waals surface area contributed by atoms with E-state index in [2.05, 4.69) is 22.5 Å². The summed E-state index contributed by atoms with van der Waals surface area (Å²) in [6.07, 6.45) is 3.81. The van der Waals surface area contributed by atoms with Gasteiger partial charge < -0.3 is 21.3 Å². The quantitative estimate of drug-likeness (QED) is 0.658. The molecule has 1 aromatic carbocycles. The number of hydrogen-bond donors (Lipinski definition) is 3. The number of likely N-dealkylation sites (tertiary alicyclic amines) is 1. The molecule has 0 bridgehead atoms. The van der Waals surface area contributed by atoms with E-state index in [1.165, 1.54) is 6.20 Å². The van der Waals surface area contributed by atoms with Crippen molar-refractivity contribution in [2.75, 3.05) is 17.6 Å². The first-order chi connectivity index (χ1) is 14.9. The summed E-state index contributed by atoms with van der Waals surface area (Å²) in [6.45, 7) is 5.03. The molecule has 0 radical (unpaired) electrons. The van der Waals surface area contributed by atoms with Gasteiger partial charge >= 0.3 is 11.8 Å². The summed E-state index contributed by atoms with van der Waals surface area (Å²) in [5, 5.41) is 5.48. The molecule has 1 saturated heterocycles. The second-order valence-corrected chi connectivity index (χ2v) is 8.33. The number of nitrogens with one attached hydrogen (secondary N) is 2. The summed E-state index contributed by atoms with van der Waals surface area (Å²) in [6, 6.07) is 7.23. The number of anilines is 2. The van der Waals surface area contributed by atoms with Crippen molar-refractivity contribution in [3.8, 4) is 0 Å². The van der Waals surface area contributed by atoms with Crippen LogP contribution in [0.5, 0.6) is 0 Å². The maximum Gasteiger partial charge on any atom is 0.313 e. The molecule has 1 fully saturated rings. The van der Waals surface area contributed by atoms with E-state index in [0.29, 0.717) is 36.6 Å². The third kappa shape index (κ3) is 4.10. The Morgan fingerprint density at radius 3 is 2.87 bits per heavy atom. The second kappa shape index (κ2) is 8.37. The zero-order chi connectivity index (χ0) is 22.1. The van der Waals surface area contributed by atoms with Crippen LogP contribution in [0.1, 0.15) is 59.8 Å². The standard InChI is InChI=1S/C23H27N5O3/c1-3-14-8-17(11-25-20(14)24)27-22(30)23(31)28-12-13(2)4-7-19(28)15-5-6-16-10-26-21(29)18(16)9-15/h5-6,8-9,11,13,19H,3-4,7,10,12H2,1-2H3,(H2,24,25)(H,26,29)(H,27,30)/t13-,19+/m0/s1. The molecule has 0 unspecified atom stereocenters. The molecule has 2 atom stereocenters. The van der Waals surface area contributed by atoms with Crippen LogP contribution in [0.3, 0.4) is 0 Å². The Balaban J connectivity index is 1.56. The number of carbonyl (C=O) groups is 3. The molecule has 0 spiro atoms. The predicted molar refractivity (Wildman–Crippen MR) is 117 cm³/mol. The molecule has 0 saturated carbocycles. The highest BCUT2D eigenvalue weighted by Gasteiger charge is 2.35. The van der Waals surface area contributed by atoms with Crippen molar-refractivity contribution in [2.45, 2.75) is 45.7 Å². The highest BCUT2D eigenvalue weighted by Crippen LogP contribution is 2.35. The van der Waals surface area contributed by atoms with Crippen molar-refractivity contribution in [1.29, 1.82) is 0 Å². The number of hydrogen-bond acceptors (Lipinski definition) is 5. The summed E-state index contributed by atoms with van der Waals surface area (Å²) in [4.78, 5) is 43.7. The minimum atomic E-state index is -0.702. The minimum Gasteiger partial charge on any atom is -0.383 e. The van der Waals surface area contributed by atoms with Gasteiger partial charge in [0.2, 0.25) is 0 Å². The number of aryl methyl sites for hydroxylation is 1. The van der Waals surface area contributed by atoms with Gasteiger partial charge in [-0.25, -0.2) is 4.98 Å². The molecule has 3 amide bonds. The molecule has 0 aliphatic carbocycles. The van der Waals surface area contributed by atoms with Gasteiger partial charge in [0.15, 0.2) is 0 Å². The number of fused-ring (bicyclic) bond motifs is 1. The SMILES string of the molecule is CCc1cc(NC(=O)C(=O)N2C[C@@H](C)CC[C@@H]2c2ccc3c(c2)C(=O)NC3)cnc1N. The molecule has 162 valence electrons. The summed E-state index contributed by atoms with van der Waals surface area (Å²) in [5.41, 5.74) is 9.56. The fourth-order valence-corrected chi connectivity index (χ4v) is 4.35. The van der Waals surface area contributed by atoms with Gasteiger partial charge in [0.25, 0.3) is 5.91 Å². The number of nitrogens with two attached hydrogens (primary N) is 1. The number of nitrogens with zero attached hydrogens (tertiary/aromatic N) is 2. The number of rotatable bonds is 3. The summed E-state index contributed by atoms with van der Waals surface area (Å²) in [5.74, 6) is -0.685. The average molecular weight is 422 g/mol. The summed E-state index contributed by atoms with van der Waals surface area (Å²) >= 11 is 0. The van der Waals surface area contributed by atoms with Gasteiger partial charge in [-0.05, 0) is 54.0 Å². The fraction of sp³-hybridized carbons (Fsp3) is 0.391. The Labute approximate surface area is 181 Å². The number of amides is 3. The lowest BCUT2D eigenvalue weighted by Crippen LogP contribution is -2.46. The number of nitrogen functional groups attached to an aromatic ring is 1. The predicted octanol–water partition coefficient (Wildman–Crippen LogP) is 2.41. The third-order valence-electron chi connectivity index (χ3n) is 6.12. The van der Waals surface area contributed by atoms with Crippen molar-refractivity contribution in [2.24, 2.45) is 5.92 Å². The van der Waals surface area contributed by atoms with Crippen LogP contribution in [0.4, 0.5) is 11.5 Å². The molecule has 8 nitrogen and oxygen atoms in total. The third-order valence-corrected chi connectivity index (χ3v) is 6.12. The van der Waals surface area contributed by atoms with Crippen LogP contribution in [0, 0.1) is 5.92 Å². The molecule has 2 aliphatic heterocycles. The van der Waals surface area contributed by atoms with Crippen LogP contribution in [0.2, 0.25) is 0 Å². The number of carbonyl (C=O) groups excluding carboxylic acids is 3. The molecule has 2 aliphatic rings. The summed E-state index contributed by atoms with van der Waals surface area (Å²) < 4.78 is 0. The zero-order valence-electron chi connectivity index (χ0n) is 17.8. The number of aromatic nitrogens is 1. The molecule has 31 heavy (non-hydrogen) atoms. The van der Waals surface area contributed by atoms with E-state index in [4.69, 9.17) is 5.73 Å². The molecular weight excluding hydrogens is 394 g/mol. The first kappa shape index (κ1) is 20.8. The van der Waals surface area contributed by atoms with E-state index in [1.54, 1.807) is 11.0 Å². The molecule has 1 aromatic heterocycles. The first-order valence-electron chi connectivity index (χ1n) is 10.6. The van der Waals surface area contributed by atoms with Crippen molar-refractivity contribution >= 4 is 29.2 Å². The van der Waals surface area contributed by atoms with E-state index >= 15 is 0 Å². The van der Waals surface area contributed by atoms with Gasteiger partial charge in [-0.15, -0.1) is 0 Å². The van der Waals surface area contributed by atoms with Gasteiger partial charge in [0.1, 0.15) is 5.82 Å². The first-order valence-corrected chi connectivity index (χ1v) is 10.6. The van der Waals surface area contributed by atoms with E-state index in [9.17, 15) is 14.4 Å². The van der Waals surface area contributed by atoms with Gasteiger partial charge in [-0.2, -0.15) is 0 Å². The Morgan fingerprint density at radius 2 is 2.10 bits per heavy atom. The average Bonchev–Trinajstić information content (AvgIpc) is 3.14. The lowest BCUT2D eigenvalue weighted by atomic mass is 9.88. The maximum absolute atomic E-state index is 13.1. The topological polar surface area (TPSA) is 117 Å². The molecule has 3 heterocycles. The highest BCUT2D eigenvalue weighted by molar-refractivity contribution is 6.39. The van der Waals surface area contributed by atoms with E-state index in [1.807, 2.05) is 25.1 Å². The largest absolute Gasteiger partial charge is 0.383 e. The molecular formula is C23H27N5O3. The van der Waals surface area contributed by atoms with Crippen molar-refractivity contribution < 1.29 is 14.4 Å². The summed E-state index contributed by atoms with van der Waals surface area (Å²) in [7, 11) is 0. The minimum absolute atomic E-state index is 0.0979. The fourth-order valence-electron chi connectivity index (χ4n) is 4.35. The van der Waals surface area contributed by atoms with Crippen molar-refractivity contribution in [3.63, 3.8) is 0 Å². The van der Waals surface area contributed by atoms with Crippen LogP contribution >= 0.6 is 0 Å². The molecule has 4 N–H and O–H groups in total. The smallest absolute Gasteiger partial charge is 0.313 e. The molecule has 4 rings (SSSR count). The van der Waals surface area contributed by atoms with Crippen LogP contribution in [-0.4, -0.2) is 34.2 Å². The van der Waals surface area contributed by atoms with Crippen LogP contribution < -0.4 is 16.4 Å². The van der Waals surface area contributed by atoms with E-state index in [0.717, 1.165) is 29.5 Å². The van der Waals surface area contributed by atoms with Crippen molar-refractivity contribution in [1.82, 2.24) is 15.2 Å². The van der Waals surface area contributed by atoms with Crippen molar-refractivity contribution in [3.05, 3.63) is 52.7 Å². The lowest BCUT2D eigenvalue weighted by Gasteiger charge is -2.38. The monoisotopic (exact) mass is 421 g/mol. The Kier molecular flexibility index (Phi) is 5.63. The number of piperidine rings is 1. The Morgan fingerprint density at radius 1 is 1.29 bits per heavy atom. The lowest BCUT2D eigenvalue weighted by molar-refractivity contribution is -0.146. The Bertz CT molecular complexity index is 1050. The van der Waals surface area contributed by atoms with E-state index < -0.39 is 11.8 Å². The zero-order valence-corrected chi connectivity index (χ0v) is 17.8.